The van der Waals surface area contributed by atoms with Gasteiger partial charge < -0.3 is 29.7 Å². The van der Waals surface area contributed by atoms with Crippen molar-refractivity contribution < 1.29 is 34.2 Å². The van der Waals surface area contributed by atoms with Crippen LogP contribution in [0.3, 0.4) is 0 Å². The zero-order valence-corrected chi connectivity index (χ0v) is 29.2. The van der Waals surface area contributed by atoms with Gasteiger partial charge in [-0.2, -0.15) is 4.58 Å². The summed E-state index contributed by atoms with van der Waals surface area (Å²) in [7, 11) is 0. The lowest BCUT2D eigenvalue weighted by molar-refractivity contribution is -0.434. The molecule has 3 N–H and O–H groups in total. The van der Waals surface area contributed by atoms with Gasteiger partial charge in [0.2, 0.25) is 17.2 Å². The Morgan fingerprint density at radius 3 is 1.92 bits per heavy atom. The van der Waals surface area contributed by atoms with Crippen LogP contribution in [0.1, 0.15) is 47.1 Å². The van der Waals surface area contributed by atoms with Crippen molar-refractivity contribution in [3.63, 3.8) is 0 Å². The predicted molar refractivity (Wildman–Crippen MR) is 192 cm³/mol. The van der Waals surface area contributed by atoms with E-state index in [9.17, 15) is 20.1 Å². The first-order chi connectivity index (χ1) is 22.8. The van der Waals surface area contributed by atoms with Crippen LogP contribution in [-0.2, 0) is 9.53 Å². The van der Waals surface area contributed by atoms with Crippen LogP contribution >= 0.6 is 23.2 Å². The molecule has 0 unspecified atom stereocenters. The normalized spacial score (nSPS) is 17.3. The maximum atomic E-state index is 14.0. The zero-order chi connectivity index (χ0) is 34.9. The molecule has 2 aliphatic rings. The van der Waals surface area contributed by atoms with Gasteiger partial charge in [0.25, 0.3) is 0 Å². The maximum absolute atomic E-state index is 14.0. The molecule has 0 spiro atoms. The number of nitrogens with zero attached hydrogens (tertiary/aromatic N) is 2. The summed E-state index contributed by atoms with van der Waals surface area (Å²) in [6.07, 6.45) is 2.64. The summed E-state index contributed by atoms with van der Waals surface area (Å²) in [4.78, 5) is 15.9. The fourth-order valence-corrected chi connectivity index (χ4v) is 6.07. The minimum atomic E-state index is -0.573. The van der Waals surface area contributed by atoms with Gasteiger partial charge in [0.05, 0.1) is 46.6 Å². The van der Waals surface area contributed by atoms with Gasteiger partial charge in [-0.1, -0.05) is 23.2 Å². The molecule has 0 saturated carbocycles. The summed E-state index contributed by atoms with van der Waals surface area (Å²) < 4.78 is 14.2. The van der Waals surface area contributed by atoms with Crippen molar-refractivity contribution in [2.75, 3.05) is 18.0 Å². The first-order valence-corrected chi connectivity index (χ1v) is 16.6. The first kappa shape index (κ1) is 34.7. The van der Waals surface area contributed by atoms with Gasteiger partial charge >= 0.3 is 0 Å². The van der Waals surface area contributed by atoms with E-state index in [0.29, 0.717) is 34.5 Å². The number of rotatable bonds is 10. The molecule has 48 heavy (non-hydrogen) atoms. The second kappa shape index (κ2) is 14.2. The number of hydrogen-bond donors (Lipinski definition) is 3. The molecule has 250 valence electrons. The number of phenolic OH excluding ortho intramolecular Hbond substituents is 1. The Morgan fingerprint density at radius 1 is 0.771 bits per heavy atom. The number of ketones is 1. The predicted octanol–water partition coefficient (Wildman–Crippen LogP) is 9.36. The van der Waals surface area contributed by atoms with Gasteiger partial charge in [-0.3, -0.25) is 4.79 Å². The van der Waals surface area contributed by atoms with Crippen LogP contribution in [0.25, 0.3) is 5.57 Å². The molecule has 0 radical (unpaired) electrons. The fraction of sp³-hybridized carbons (Fsp3) is 0.263. The van der Waals surface area contributed by atoms with E-state index >= 15 is 0 Å². The van der Waals surface area contributed by atoms with Crippen LogP contribution in [0.2, 0.25) is 10.0 Å². The lowest BCUT2D eigenvalue weighted by Gasteiger charge is -2.30. The summed E-state index contributed by atoms with van der Waals surface area (Å²) in [6, 6.07) is 17.9. The zero-order valence-electron chi connectivity index (χ0n) is 27.7. The number of phenols is 1. The number of hydrogen-bond acceptors (Lipinski definition) is 7. The summed E-state index contributed by atoms with van der Waals surface area (Å²) in [5, 5.41) is 35.5. The maximum Gasteiger partial charge on any atom is 0.213 e. The lowest BCUT2D eigenvalue weighted by atomic mass is 9.78. The Kier molecular flexibility index (Phi) is 10.3. The minimum absolute atomic E-state index is 0.0631. The second-order valence-electron chi connectivity index (χ2n) is 11.9. The second-order valence-corrected chi connectivity index (χ2v) is 12.8. The first-order valence-electron chi connectivity index (χ1n) is 15.8. The number of aliphatic hydroxyl groups excluding tert-OH is 2. The fourth-order valence-electron chi connectivity index (χ4n) is 5.82. The number of allylic oxidation sites excluding steroid dienone is 4. The number of anilines is 2. The van der Waals surface area contributed by atoms with Crippen molar-refractivity contribution in [1.29, 1.82) is 0 Å². The van der Waals surface area contributed by atoms with E-state index in [2.05, 4.69) is 0 Å². The van der Waals surface area contributed by atoms with Gasteiger partial charge in [-0.25, -0.2) is 0 Å². The van der Waals surface area contributed by atoms with E-state index in [1.54, 1.807) is 36.4 Å². The number of halogens is 2. The third-order valence-corrected chi connectivity index (χ3v) is 8.32. The Morgan fingerprint density at radius 2 is 1.38 bits per heavy atom. The van der Waals surface area contributed by atoms with Crippen LogP contribution in [0.5, 0.6) is 11.5 Å². The molecule has 8 nitrogen and oxygen atoms in total. The highest BCUT2D eigenvalue weighted by atomic mass is 35.5. The van der Waals surface area contributed by atoms with Gasteiger partial charge in [0, 0.05) is 52.2 Å². The molecule has 0 heterocycles. The highest BCUT2D eigenvalue weighted by Gasteiger charge is 2.43. The Labute approximate surface area is 290 Å². The molecule has 2 aliphatic carbocycles. The highest BCUT2D eigenvalue weighted by Crippen LogP contribution is 2.49. The molecule has 0 amide bonds. The average Bonchev–Trinajstić information content (AvgIpc) is 3.02. The Hall–Kier alpha value is -4.66. The number of carbonyl (C=O) groups excluding carboxylic acids is 1. The molecular weight excluding hydrogens is 651 g/mol. The van der Waals surface area contributed by atoms with Crippen molar-refractivity contribution in [2.24, 2.45) is 0 Å². The molecular formula is C38H39Cl2N2O6+. The number of ether oxygens (including phenoxy) is 2. The molecule has 3 aromatic rings. The van der Waals surface area contributed by atoms with Crippen LogP contribution in [-0.4, -0.2) is 56.7 Å². The quantitative estimate of drug-likeness (QED) is 0.144. The molecule has 0 bridgehead atoms. The van der Waals surface area contributed by atoms with Gasteiger partial charge in [-0.05, 0) is 77.9 Å². The minimum Gasteiger partial charge on any atom is -0.507 e. The molecule has 0 aliphatic heterocycles. The molecule has 0 saturated heterocycles. The van der Waals surface area contributed by atoms with Crippen LogP contribution in [0.4, 0.5) is 17.1 Å². The van der Waals surface area contributed by atoms with Crippen LogP contribution in [0, 0.1) is 0 Å². The summed E-state index contributed by atoms with van der Waals surface area (Å²) in [6.45, 7) is 12.4. The summed E-state index contributed by atoms with van der Waals surface area (Å²) >= 11 is 12.2. The number of benzene rings is 3. The van der Waals surface area contributed by atoms with Crippen LogP contribution < -0.4 is 9.64 Å². The van der Waals surface area contributed by atoms with E-state index < -0.39 is 5.78 Å². The van der Waals surface area contributed by atoms with Crippen molar-refractivity contribution in [1.82, 2.24) is 0 Å². The molecule has 0 aromatic heterocycles. The van der Waals surface area contributed by atoms with E-state index in [-0.39, 0.29) is 63.3 Å². The summed E-state index contributed by atoms with van der Waals surface area (Å²) in [5.41, 5.74) is 2.82. The largest absolute Gasteiger partial charge is 0.507 e. The van der Waals surface area contributed by atoms with E-state index in [1.807, 2.05) is 75.3 Å². The van der Waals surface area contributed by atoms with E-state index in [1.165, 1.54) is 12.1 Å². The Balaban J connectivity index is 1.65. The molecule has 0 atom stereocenters. The monoisotopic (exact) mass is 689 g/mol. The van der Waals surface area contributed by atoms with Crippen molar-refractivity contribution in [3.05, 3.63) is 117 Å². The van der Waals surface area contributed by atoms with Gasteiger partial charge in [0.15, 0.2) is 0 Å². The number of Topliss-reactive ketones (excluding diaryl/α,β-unsaturated/α-hetero) is 1. The molecule has 10 heteroatoms. The molecule has 3 aromatic carbocycles. The molecule has 5 rings (SSSR count). The SMILES string of the molecule is CCN(c1ccc(Cl)cc1)c1cc(O)c(C2=C(O)C(=C3C(O)=CC(=[N+](CC)c4ccc(Cl)cc4)C=C3OC(C)C)C2=O)c(OC(C)C)c1. The lowest BCUT2D eigenvalue weighted by Crippen LogP contribution is -2.27. The van der Waals surface area contributed by atoms with Crippen molar-refractivity contribution in [3.8, 4) is 11.5 Å². The van der Waals surface area contributed by atoms with Crippen molar-refractivity contribution >= 4 is 57.3 Å². The average molecular weight is 691 g/mol. The standard InChI is InChI=1S/C38H38Cl2N2O6/c1-7-41(25-13-9-23(39)10-14-25)27-17-29(43)33(31(19-27)47-21(3)4)35-37(45)36(38(35)46)34-30(44)18-28(20-32(34)48-22(5)6)42(8-2)26-15-11-24(40)12-16-26/h9-22H,7-8H2,1-6H3,(H2,43,44,45,46)/p+1. The van der Waals surface area contributed by atoms with E-state index in [0.717, 1.165) is 11.4 Å². The summed E-state index contributed by atoms with van der Waals surface area (Å²) in [5.74, 6) is -1.00. The van der Waals surface area contributed by atoms with Gasteiger partial charge in [0.1, 0.15) is 35.3 Å². The van der Waals surface area contributed by atoms with Gasteiger partial charge in [-0.15, -0.1) is 0 Å². The van der Waals surface area contributed by atoms with Crippen LogP contribution in [0.15, 0.2) is 101 Å². The molecule has 0 fully saturated rings. The third-order valence-electron chi connectivity index (χ3n) is 7.82. The number of aromatic hydroxyl groups is 1. The smallest absolute Gasteiger partial charge is 0.213 e. The number of carbonyl (C=O) groups is 1. The van der Waals surface area contributed by atoms with E-state index in [4.69, 9.17) is 32.7 Å². The number of aliphatic hydroxyl groups is 2. The highest BCUT2D eigenvalue weighted by molar-refractivity contribution is 6.40. The topological polar surface area (TPSA) is 102 Å². The third kappa shape index (κ3) is 6.82. The van der Waals surface area contributed by atoms with Crippen molar-refractivity contribution in [2.45, 2.75) is 53.8 Å². The Bertz CT molecular complexity index is 1900.